The minimum atomic E-state index is -0.499. The largest absolute Gasteiger partial charge is 0.490 e. The van der Waals surface area contributed by atoms with Gasteiger partial charge in [0.15, 0.2) is 0 Å². The molecule has 0 bridgehead atoms. The first-order valence-electron chi connectivity index (χ1n) is 6.72. The van der Waals surface area contributed by atoms with Crippen molar-refractivity contribution in [3.63, 3.8) is 0 Å². The van der Waals surface area contributed by atoms with Crippen LogP contribution in [-0.2, 0) is 4.74 Å². The molecule has 1 rings (SSSR count). The van der Waals surface area contributed by atoms with E-state index in [9.17, 15) is 5.11 Å². The highest BCUT2D eigenvalue weighted by Crippen LogP contribution is 2.22. The Morgan fingerprint density at radius 1 is 1.26 bits per heavy atom. The summed E-state index contributed by atoms with van der Waals surface area (Å²) in [5, 5.41) is 13.0. The van der Waals surface area contributed by atoms with Crippen molar-refractivity contribution < 1.29 is 14.6 Å². The molecular formula is C15H25NO3. The van der Waals surface area contributed by atoms with E-state index in [1.165, 1.54) is 0 Å². The van der Waals surface area contributed by atoms with Gasteiger partial charge in [-0.25, -0.2) is 0 Å². The Hall–Kier alpha value is -1.10. The highest BCUT2D eigenvalue weighted by atomic mass is 16.5. The predicted octanol–water partition coefficient (Wildman–Crippen LogP) is 1.67. The van der Waals surface area contributed by atoms with E-state index in [2.05, 4.69) is 5.32 Å². The average Bonchev–Trinajstić information content (AvgIpc) is 2.38. The molecule has 1 aromatic rings. The molecule has 0 spiro atoms. The smallest absolute Gasteiger partial charge is 0.125 e. The third-order valence-corrected chi connectivity index (χ3v) is 2.91. The second-order valence-electron chi connectivity index (χ2n) is 4.74. The summed E-state index contributed by atoms with van der Waals surface area (Å²) in [5.41, 5.74) is 2.19. The number of aliphatic hydroxyl groups excluding tert-OH is 1. The standard InChI is InChI=1S/C15H25NO3/c1-12-6-4-7-13(2)15(12)19-11-14(17)10-16-8-5-9-18-3/h4,6-7,14,16-17H,5,8-11H2,1-3H3. The molecule has 4 heteroatoms. The molecule has 0 aromatic heterocycles. The van der Waals surface area contributed by atoms with Crippen LogP contribution in [0.25, 0.3) is 0 Å². The fourth-order valence-electron chi connectivity index (χ4n) is 1.88. The second-order valence-corrected chi connectivity index (χ2v) is 4.74. The van der Waals surface area contributed by atoms with Gasteiger partial charge in [-0.2, -0.15) is 0 Å². The zero-order valence-corrected chi connectivity index (χ0v) is 12.1. The Morgan fingerprint density at radius 2 is 1.95 bits per heavy atom. The highest BCUT2D eigenvalue weighted by Gasteiger charge is 2.08. The van der Waals surface area contributed by atoms with Gasteiger partial charge in [-0.05, 0) is 37.9 Å². The minimum absolute atomic E-state index is 0.309. The molecular weight excluding hydrogens is 242 g/mol. The quantitative estimate of drug-likeness (QED) is 0.668. The van der Waals surface area contributed by atoms with E-state index in [-0.39, 0.29) is 0 Å². The number of methoxy groups -OCH3 is 1. The topological polar surface area (TPSA) is 50.7 Å². The molecule has 4 nitrogen and oxygen atoms in total. The maximum Gasteiger partial charge on any atom is 0.125 e. The highest BCUT2D eigenvalue weighted by molar-refractivity contribution is 5.39. The van der Waals surface area contributed by atoms with Gasteiger partial charge in [-0.1, -0.05) is 18.2 Å². The van der Waals surface area contributed by atoms with Crippen molar-refractivity contribution in [3.8, 4) is 5.75 Å². The number of aryl methyl sites for hydroxylation is 2. The Morgan fingerprint density at radius 3 is 2.58 bits per heavy atom. The lowest BCUT2D eigenvalue weighted by molar-refractivity contribution is 0.105. The molecule has 1 aromatic carbocycles. The Labute approximate surface area is 115 Å². The monoisotopic (exact) mass is 267 g/mol. The van der Waals surface area contributed by atoms with E-state index in [0.717, 1.165) is 36.4 Å². The van der Waals surface area contributed by atoms with E-state index in [1.54, 1.807) is 7.11 Å². The summed E-state index contributed by atoms with van der Waals surface area (Å²) in [6.45, 7) is 6.45. The van der Waals surface area contributed by atoms with Crippen LogP contribution in [0.3, 0.4) is 0 Å². The zero-order chi connectivity index (χ0) is 14.1. The van der Waals surface area contributed by atoms with E-state index < -0.39 is 6.10 Å². The number of nitrogens with one attached hydrogen (secondary N) is 1. The lowest BCUT2D eigenvalue weighted by atomic mass is 10.1. The molecule has 0 heterocycles. The SMILES string of the molecule is COCCCNCC(O)COc1c(C)cccc1C. The van der Waals surface area contributed by atoms with Crippen LogP contribution >= 0.6 is 0 Å². The summed E-state index contributed by atoms with van der Waals surface area (Å²) < 4.78 is 10.6. The number of para-hydroxylation sites is 1. The van der Waals surface area contributed by atoms with Crippen molar-refractivity contribution in [2.24, 2.45) is 0 Å². The number of benzene rings is 1. The molecule has 0 saturated heterocycles. The first kappa shape index (κ1) is 16.0. The van der Waals surface area contributed by atoms with E-state index in [0.29, 0.717) is 13.2 Å². The van der Waals surface area contributed by atoms with Crippen molar-refractivity contribution in [2.75, 3.05) is 33.4 Å². The van der Waals surface area contributed by atoms with Crippen molar-refractivity contribution in [3.05, 3.63) is 29.3 Å². The minimum Gasteiger partial charge on any atom is -0.490 e. The molecule has 0 saturated carbocycles. The second kappa shape index (κ2) is 8.91. The van der Waals surface area contributed by atoms with Crippen LogP contribution in [-0.4, -0.2) is 44.6 Å². The van der Waals surface area contributed by atoms with E-state index in [1.807, 2.05) is 32.0 Å². The third kappa shape index (κ3) is 6.05. The van der Waals surface area contributed by atoms with E-state index >= 15 is 0 Å². The maximum atomic E-state index is 9.83. The number of ether oxygens (including phenoxy) is 2. The number of aliphatic hydroxyl groups is 1. The van der Waals surface area contributed by atoms with Crippen molar-refractivity contribution in [1.82, 2.24) is 5.32 Å². The zero-order valence-electron chi connectivity index (χ0n) is 12.1. The number of hydrogen-bond donors (Lipinski definition) is 2. The predicted molar refractivity (Wildman–Crippen MR) is 76.8 cm³/mol. The fraction of sp³-hybridized carbons (Fsp3) is 0.600. The van der Waals surface area contributed by atoms with Gasteiger partial charge in [0.25, 0.3) is 0 Å². The lowest BCUT2D eigenvalue weighted by Gasteiger charge is -2.16. The molecule has 0 fully saturated rings. The van der Waals surface area contributed by atoms with Gasteiger partial charge >= 0.3 is 0 Å². The summed E-state index contributed by atoms with van der Waals surface area (Å²) in [7, 11) is 1.69. The van der Waals surface area contributed by atoms with Gasteiger partial charge in [0, 0.05) is 20.3 Å². The molecule has 0 aliphatic rings. The Bertz CT molecular complexity index is 348. The Balaban J connectivity index is 2.24. The summed E-state index contributed by atoms with van der Waals surface area (Å²) in [4.78, 5) is 0. The van der Waals surface area contributed by atoms with Gasteiger partial charge in [-0.3, -0.25) is 0 Å². The number of rotatable bonds is 9. The van der Waals surface area contributed by atoms with Crippen molar-refractivity contribution in [1.29, 1.82) is 0 Å². The van der Waals surface area contributed by atoms with Crippen LogP contribution in [0.4, 0.5) is 0 Å². The van der Waals surface area contributed by atoms with Crippen molar-refractivity contribution >= 4 is 0 Å². The van der Waals surface area contributed by atoms with Crippen LogP contribution in [0.1, 0.15) is 17.5 Å². The first-order chi connectivity index (χ1) is 9.15. The molecule has 1 atom stereocenters. The van der Waals surface area contributed by atoms with Crippen LogP contribution < -0.4 is 10.1 Å². The molecule has 2 N–H and O–H groups in total. The molecule has 19 heavy (non-hydrogen) atoms. The van der Waals surface area contributed by atoms with Crippen LogP contribution in [0.5, 0.6) is 5.75 Å². The van der Waals surface area contributed by atoms with Crippen LogP contribution in [0.2, 0.25) is 0 Å². The summed E-state index contributed by atoms with van der Waals surface area (Å²) >= 11 is 0. The average molecular weight is 267 g/mol. The molecule has 108 valence electrons. The van der Waals surface area contributed by atoms with Crippen LogP contribution in [0.15, 0.2) is 18.2 Å². The molecule has 0 radical (unpaired) electrons. The van der Waals surface area contributed by atoms with Crippen LogP contribution in [0, 0.1) is 13.8 Å². The van der Waals surface area contributed by atoms with Gasteiger partial charge < -0.3 is 19.9 Å². The van der Waals surface area contributed by atoms with Gasteiger partial charge in [0.1, 0.15) is 18.5 Å². The van der Waals surface area contributed by atoms with Gasteiger partial charge in [0.05, 0.1) is 0 Å². The molecule has 1 unspecified atom stereocenters. The maximum absolute atomic E-state index is 9.83. The lowest BCUT2D eigenvalue weighted by Crippen LogP contribution is -2.32. The van der Waals surface area contributed by atoms with Gasteiger partial charge in [0.2, 0.25) is 0 Å². The molecule has 0 aliphatic heterocycles. The third-order valence-electron chi connectivity index (χ3n) is 2.91. The molecule has 0 aliphatic carbocycles. The normalized spacial score (nSPS) is 12.4. The van der Waals surface area contributed by atoms with Crippen molar-refractivity contribution in [2.45, 2.75) is 26.4 Å². The Kier molecular flexibility index (Phi) is 7.48. The van der Waals surface area contributed by atoms with E-state index in [4.69, 9.17) is 9.47 Å². The fourth-order valence-corrected chi connectivity index (χ4v) is 1.88. The summed E-state index contributed by atoms with van der Waals surface area (Å²) in [6.07, 6.45) is 0.447. The number of hydrogen-bond acceptors (Lipinski definition) is 4. The summed E-state index contributed by atoms with van der Waals surface area (Å²) in [5.74, 6) is 0.876. The summed E-state index contributed by atoms with van der Waals surface area (Å²) in [6, 6.07) is 6.03. The first-order valence-corrected chi connectivity index (χ1v) is 6.72. The van der Waals surface area contributed by atoms with Gasteiger partial charge in [-0.15, -0.1) is 0 Å². The molecule has 0 amide bonds.